The maximum atomic E-state index is 12.5. The van der Waals surface area contributed by atoms with Crippen LogP contribution in [0.1, 0.15) is 29.9 Å². The first-order valence-corrected chi connectivity index (χ1v) is 5.54. The number of carbonyl (C=O) groups excluding carboxylic acids is 1. The summed E-state index contributed by atoms with van der Waals surface area (Å²) in [5, 5.41) is 8.97. The zero-order valence-corrected chi connectivity index (χ0v) is 9.37. The molecule has 5 heteroatoms. The zero-order chi connectivity index (χ0) is 13.3. The highest BCUT2D eigenvalue weighted by Gasteiger charge is 2.37. The van der Waals surface area contributed by atoms with Crippen molar-refractivity contribution in [2.75, 3.05) is 0 Å². The Morgan fingerprint density at radius 3 is 2.56 bits per heavy atom. The number of benzene rings is 1. The third-order valence-electron chi connectivity index (χ3n) is 2.94. The van der Waals surface area contributed by atoms with Crippen molar-refractivity contribution in [3.63, 3.8) is 0 Å². The van der Waals surface area contributed by atoms with E-state index in [1.54, 1.807) is 6.07 Å². The minimum atomic E-state index is -4.46. The number of carbonyl (C=O) groups is 1. The smallest absolute Gasteiger partial charge is 0.298 e. The van der Waals surface area contributed by atoms with Gasteiger partial charge in [-0.1, -0.05) is 18.2 Å². The van der Waals surface area contributed by atoms with Crippen molar-refractivity contribution in [3.8, 4) is 6.07 Å². The molecule has 0 saturated heterocycles. The Morgan fingerprint density at radius 2 is 2.06 bits per heavy atom. The summed E-state index contributed by atoms with van der Waals surface area (Å²) in [5.41, 5.74) is -0.701. The second kappa shape index (κ2) is 4.45. The van der Waals surface area contributed by atoms with Crippen molar-refractivity contribution in [3.05, 3.63) is 35.4 Å². The number of halogens is 3. The van der Waals surface area contributed by atoms with Gasteiger partial charge in [0.1, 0.15) is 5.92 Å². The summed E-state index contributed by atoms with van der Waals surface area (Å²) in [7, 11) is 0. The minimum Gasteiger partial charge on any atom is -0.298 e. The number of ketones is 1. The van der Waals surface area contributed by atoms with Crippen LogP contribution in [0, 0.1) is 17.2 Å². The lowest BCUT2D eigenvalue weighted by Crippen LogP contribution is -2.14. The largest absolute Gasteiger partial charge is 0.416 e. The molecule has 1 aliphatic carbocycles. The van der Waals surface area contributed by atoms with E-state index in [0.717, 1.165) is 25.0 Å². The standard InChI is InChI=1S/C13H10F3NO/c14-13(15,16)10-3-1-2-9(6-10)11(7-17)12(18)8-4-5-8/h1-3,6,8,11H,4-5H2/t11-/m0/s1. The van der Waals surface area contributed by atoms with E-state index in [1.165, 1.54) is 12.1 Å². The highest BCUT2D eigenvalue weighted by Crippen LogP contribution is 2.37. The maximum Gasteiger partial charge on any atom is 0.416 e. The quantitative estimate of drug-likeness (QED) is 0.829. The molecule has 0 spiro atoms. The van der Waals surface area contributed by atoms with Gasteiger partial charge in [-0.3, -0.25) is 4.79 Å². The fourth-order valence-corrected chi connectivity index (χ4v) is 1.80. The Labute approximate surface area is 102 Å². The van der Waals surface area contributed by atoms with Crippen LogP contribution in [0.25, 0.3) is 0 Å². The van der Waals surface area contributed by atoms with Crippen molar-refractivity contribution >= 4 is 5.78 Å². The first-order valence-electron chi connectivity index (χ1n) is 5.54. The molecular formula is C13H10F3NO. The molecule has 2 nitrogen and oxygen atoms in total. The number of nitrogens with zero attached hydrogens (tertiary/aromatic N) is 1. The third kappa shape index (κ3) is 2.53. The van der Waals surface area contributed by atoms with Gasteiger partial charge in [0.2, 0.25) is 0 Å². The van der Waals surface area contributed by atoms with Gasteiger partial charge in [0.15, 0.2) is 5.78 Å². The molecule has 0 heterocycles. The van der Waals surface area contributed by atoms with Crippen LogP contribution in [0.15, 0.2) is 24.3 Å². The van der Waals surface area contributed by atoms with E-state index in [2.05, 4.69) is 0 Å². The molecule has 0 radical (unpaired) electrons. The number of hydrogen-bond acceptors (Lipinski definition) is 2. The van der Waals surface area contributed by atoms with Gasteiger partial charge in [0.05, 0.1) is 11.6 Å². The molecule has 1 fully saturated rings. The maximum absolute atomic E-state index is 12.5. The Bertz CT molecular complexity index is 512. The molecule has 0 aliphatic heterocycles. The Morgan fingerprint density at radius 1 is 1.39 bits per heavy atom. The average Bonchev–Trinajstić information content (AvgIpc) is 3.13. The summed E-state index contributed by atoms with van der Waals surface area (Å²) in [6.45, 7) is 0. The van der Waals surface area contributed by atoms with Gasteiger partial charge in [-0.2, -0.15) is 18.4 Å². The van der Waals surface area contributed by atoms with Crippen LogP contribution in [-0.4, -0.2) is 5.78 Å². The summed E-state index contributed by atoms with van der Waals surface area (Å²) in [6, 6.07) is 6.23. The summed E-state index contributed by atoms with van der Waals surface area (Å²) in [5.74, 6) is -1.50. The molecular weight excluding hydrogens is 243 g/mol. The van der Waals surface area contributed by atoms with Crippen LogP contribution in [0.5, 0.6) is 0 Å². The lowest BCUT2D eigenvalue weighted by atomic mass is 9.92. The van der Waals surface area contributed by atoms with Gasteiger partial charge in [0, 0.05) is 5.92 Å². The Hall–Kier alpha value is -1.83. The van der Waals surface area contributed by atoms with E-state index in [9.17, 15) is 18.0 Å². The fraction of sp³-hybridized carbons (Fsp3) is 0.385. The zero-order valence-electron chi connectivity index (χ0n) is 9.37. The molecule has 94 valence electrons. The van der Waals surface area contributed by atoms with E-state index in [0.29, 0.717) is 0 Å². The summed E-state index contributed by atoms with van der Waals surface area (Å²) < 4.78 is 37.6. The first-order chi connectivity index (χ1) is 8.43. The lowest BCUT2D eigenvalue weighted by molar-refractivity contribution is -0.137. The fourth-order valence-electron chi connectivity index (χ4n) is 1.80. The normalized spacial score (nSPS) is 17.0. The van der Waals surface area contributed by atoms with Crippen molar-refractivity contribution in [2.45, 2.75) is 24.9 Å². The van der Waals surface area contributed by atoms with Gasteiger partial charge >= 0.3 is 6.18 Å². The third-order valence-corrected chi connectivity index (χ3v) is 2.94. The molecule has 1 aromatic rings. The van der Waals surface area contributed by atoms with Crippen LogP contribution >= 0.6 is 0 Å². The summed E-state index contributed by atoms with van der Waals surface area (Å²) >= 11 is 0. The van der Waals surface area contributed by atoms with E-state index in [1.807, 2.05) is 0 Å². The van der Waals surface area contributed by atoms with E-state index < -0.39 is 17.7 Å². The molecule has 0 bridgehead atoms. The second-order valence-corrected chi connectivity index (χ2v) is 4.36. The lowest BCUT2D eigenvalue weighted by Gasteiger charge is -2.11. The van der Waals surface area contributed by atoms with Gasteiger partial charge in [-0.05, 0) is 24.5 Å². The van der Waals surface area contributed by atoms with Crippen LogP contribution in [0.3, 0.4) is 0 Å². The van der Waals surface area contributed by atoms with Gasteiger partial charge in [-0.15, -0.1) is 0 Å². The molecule has 0 amide bonds. The molecule has 1 aliphatic rings. The number of rotatable bonds is 3. The van der Waals surface area contributed by atoms with Crippen LogP contribution < -0.4 is 0 Å². The SMILES string of the molecule is N#C[C@H](C(=O)C1CC1)c1cccc(C(F)(F)F)c1. The van der Waals surface area contributed by atoms with Crippen LogP contribution in [-0.2, 0) is 11.0 Å². The van der Waals surface area contributed by atoms with Crippen molar-refractivity contribution < 1.29 is 18.0 Å². The predicted molar refractivity (Wildman–Crippen MR) is 57.5 cm³/mol. The van der Waals surface area contributed by atoms with Gasteiger partial charge in [-0.25, -0.2) is 0 Å². The monoisotopic (exact) mass is 253 g/mol. The highest BCUT2D eigenvalue weighted by molar-refractivity contribution is 5.92. The number of nitriles is 1. The second-order valence-electron chi connectivity index (χ2n) is 4.36. The molecule has 18 heavy (non-hydrogen) atoms. The van der Waals surface area contributed by atoms with Crippen LogP contribution in [0.2, 0.25) is 0 Å². The minimum absolute atomic E-state index is 0.129. The van der Waals surface area contributed by atoms with Crippen molar-refractivity contribution in [1.29, 1.82) is 5.26 Å². The Balaban J connectivity index is 2.32. The molecule has 2 rings (SSSR count). The Kier molecular flexibility index (Phi) is 3.12. The molecule has 1 aromatic carbocycles. The van der Waals surface area contributed by atoms with Gasteiger partial charge in [0.25, 0.3) is 0 Å². The summed E-state index contributed by atoms with van der Waals surface area (Å²) in [4.78, 5) is 11.8. The molecule has 0 N–H and O–H groups in total. The van der Waals surface area contributed by atoms with Gasteiger partial charge < -0.3 is 0 Å². The topological polar surface area (TPSA) is 40.9 Å². The summed E-state index contributed by atoms with van der Waals surface area (Å²) in [6.07, 6.45) is -3.00. The molecule has 1 saturated carbocycles. The van der Waals surface area contributed by atoms with E-state index in [-0.39, 0.29) is 17.3 Å². The molecule has 0 aromatic heterocycles. The molecule has 0 unspecified atom stereocenters. The van der Waals surface area contributed by atoms with Crippen molar-refractivity contribution in [2.24, 2.45) is 5.92 Å². The predicted octanol–water partition coefficient (Wildman–Crippen LogP) is 3.29. The number of hydrogen-bond donors (Lipinski definition) is 0. The highest BCUT2D eigenvalue weighted by atomic mass is 19.4. The number of alkyl halides is 3. The van der Waals surface area contributed by atoms with E-state index in [4.69, 9.17) is 5.26 Å². The van der Waals surface area contributed by atoms with E-state index >= 15 is 0 Å². The molecule has 1 atom stereocenters. The van der Waals surface area contributed by atoms with Crippen molar-refractivity contribution in [1.82, 2.24) is 0 Å². The average molecular weight is 253 g/mol. The first kappa shape index (κ1) is 12.6. The number of Topliss-reactive ketones (excluding diaryl/α,β-unsaturated/α-hetero) is 1. The van der Waals surface area contributed by atoms with Crippen LogP contribution in [0.4, 0.5) is 13.2 Å².